The molecule has 1 amide bonds. The third kappa shape index (κ3) is 10.4. The van der Waals surface area contributed by atoms with Gasteiger partial charge in [0.1, 0.15) is 10.5 Å². The number of nitrogens with one attached hydrogen (secondary N) is 1. The molecule has 1 aliphatic rings. The Hall–Kier alpha value is -2.95. The highest BCUT2D eigenvalue weighted by molar-refractivity contribution is 7.87. The molecule has 1 aliphatic carbocycles. The lowest BCUT2D eigenvalue weighted by molar-refractivity contribution is -0.134. The number of ether oxygens (including phenoxy) is 1. The number of nitrogens with zero attached hydrogens (tertiary/aromatic N) is 1. The van der Waals surface area contributed by atoms with E-state index in [-0.39, 0.29) is 5.91 Å². The highest BCUT2D eigenvalue weighted by Crippen LogP contribution is 2.33. The van der Waals surface area contributed by atoms with Crippen molar-refractivity contribution in [3.05, 3.63) is 65.2 Å². The van der Waals surface area contributed by atoms with Crippen molar-refractivity contribution >= 4 is 22.3 Å². The Labute approximate surface area is 249 Å². The Morgan fingerprint density at radius 1 is 1.12 bits per heavy atom. The van der Waals surface area contributed by atoms with Gasteiger partial charge in [-0.2, -0.15) is 5.26 Å². The number of hydroxylamine groups is 1. The molecule has 1 saturated carbocycles. The van der Waals surface area contributed by atoms with Crippen LogP contribution in [-0.4, -0.2) is 28.6 Å². The van der Waals surface area contributed by atoms with Crippen molar-refractivity contribution in [2.24, 2.45) is 5.92 Å². The summed E-state index contributed by atoms with van der Waals surface area (Å²) >= 11 is 0. The summed E-state index contributed by atoms with van der Waals surface area (Å²) in [5.74, 6) is 1.41. The molecule has 2 aromatic carbocycles. The van der Waals surface area contributed by atoms with Crippen LogP contribution < -0.4 is 10.2 Å². The molecule has 0 radical (unpaired) electrons. The van der Waals surface area contributed by atoms with Crippen LogP contribution in [0.15, 0.2) is 53.4 Å². The summed E-state index contributed by atoms with van der Waals surface area (Å²) in [6.07, 6.45) is 9.87. The Kier molecular flexibility index (Phi) is 14.8. The van der Waals surface area contributed by atoms with E-state index < -0.39 is 15.5 Å². The SMILES string of the molecule is CC1CC1.CCCC(CCC)(C(=O)NOC)S(=O)c1ccc(OCCC/C=C(\C#N)c2ccc(CC)c(C)c2)cc1. The summed E-state index contributed by atoms with van der Waals surface area (Å²) in [6, 6.07) is 15.6. The zero-order valence-electron chi connectivity index (χ0n) is 25.8. The van der Waals surface area contributed by atoms with Crippen LogP contribution in [0.25, 0.3) is 5.57 Å². The number of hydrogen-bond donors (Lipinski definition) is 1. The van der Waals surface area contributed by atoms with Gasteiger partial charge < -0.3 is 4.74 Å². The standard InChI is InChI=1S/C30H40N2O4S.C4H8/c1-6-18-30(19-7-2,29(33)32-35-5)37(34)28-16-14-27(15-17-28)36-20-10-9-11-26(22-31)25-13-12-24(8-3)23(4)21-25;1-4-2-3-4/h11-17,21H,6-10,18-20H2,1-5H3,(H,32,33);4H,2-3H2,1H3/b26-11+;. The number of benzene rings is 2. The van der Waals surface area contributed by atoms with Crippen LogP contribution in [0, 0.1) is 24.2 Å². The van der Waals surface area contributed by atoms with Gasteiger partial charge >= 0.3 is 0 Å². The van der Waals surface area contributed by atoms with Gasteiger partial charge in [0, 0.05) is 4.90 Å². The van der Waals surface area contributed by atoms with Gasteiger partial charge in [-0.25, -0.2) is 5.48 Å². The predicted molar refractivity (Wildman–Crippen MR) is 168 cm³/mol. The Morgan fingerprint density at radius 2 is 1.76 bits per heavy atom. The van der Waals surface area contributed by atoms with Crippen molar-refractivity contribution in [1.82, 2.24) is 5.48 Å². The first-order valence-electron chi connectivity index (χ1n) is 14.9. The Balaban J connectivity index is 0.00000135. The van der Waals surface area contributed by atoms with Crippen LogP contribution in [-0.2, 0) is 26.9 Å². The lowest BCUT2D eigenvalue weighted by atomic mass is 9.96. The topological polar surface area (TPSA) is 88.4 Å². The highest BCUT2D eigenvalue weighted by Gasteiger charge is 2.43. The number of aryl methyl sites for hydroxylation is 2. The molecule has 7 heteroatoms. The zero-order valence-corrected chi connectivity index (χ0v) is 26.6. The van der Waals surface area contributed by atoms with Gasteiger partial charge in [0.2, 0.25) is 0 Å². The van der Waals surface area contributed by atoms with E-state index in [0.717, 1.165) is 43.6 Å². The summed E-state index contributed by atoms with van der Waals surface area (Å²) < 4.78 is 18.4. The van der Waals surface area contributed by atoms with Crippen molar-refractivity contribution in [2.75, 3.05) is 13.7 Å². The second kappa shape index (κ2) is 17.8. The molecule has 41 heavy (non-hydrogen) atoms. The fourth-order valence-electron chi connectivity index (χ4n) is 4.67. The lowest BCUT2D eigenvalue weighted by Crippen LogP contribution is -2.49. The molecule has 1 N–H and O–H groups in total. The number of amides is 1. The molecule has 1 unspecified atom stereocenters. The molecule has 0 heterocycles. The summed E-state index contributed by atoms with van der Waals surface area (Å²) in [7, 11) is -0.157. The quantitative estimate of drug-likeness (QED) is 0.132. The van der Waals surface area contributed by atoms with E-state index >= 15 is 0 Å². The summed E-state index contributed by atoms with van der Waals surface area (Å²) in [5, 5.41) is 9.58. The average Bonchev–Trinajstić information content (AvgIpc) is 3.77. The number of carbonyl (C=O) groups is 1. The van der Waals surface area contributed by atoms with Crippen molar-refractivity contribution in [1.29, 1.82) is 5.26 Å². The van der Waals surface area contributed by atoms with Gasteiger partial charge in [-0.15, -0.1) is 0 Å². The van der Waals surface area contributed by atoms with Gasteiger partial charge in [0.15, 0.2) is 0 Å². The van der Waals surface area contributed by atoms with E-state index in [9.17, 15) is 14.3 Å². The highest BCUT2D eigenvalue weighted by atomic mass is 32.2. The lowest BCUT2D eigenvalue weighted by Gasteiger charge is -2.30. The van der Waals surface area contributed by atoms with Crippen LogP contribution in [0.4, 0.5) is 0 Å². The molecule has 0 saturated heterocycles. The smallest absolute Gasteiger partial charge is 0.262 e. The van der Waals surface area contributed by atoms with E-state index in [0.29, 0.717) is 35.7 Å². The van der Waals surface area contributed by atoms with Gasteiger partial charge in [-0.05, 0) is 85.9 Å². The van der Waals surface area contributed by atoms with Gasteiger partial charge in [-0.1, -0.05) is 77.7 Å². The van der Waals surface area contributed by atoms with Crippen LogP contribution in [0.5, 0.6) is 5.75 Å². The molecule has 0 aliphatic heterocycles. The normalized spacial score (nSPS) is 13.9. The van der Waals surface area contributed by atoms with Gasteiger partial charge in [0.25, 0.3) is 5.91 Å². The molecular formula is C34H48N2O4S. The molecule has 2 aromatic rings. The van der Waals surface area contributed by atoms with Crippen molar-refractivity contribution < 1.29 is 18.6 Å². The van der Waals surface area contributed by atoms with Crippen LogP contribution in [0.3, 0.4) is 0 Å². The summed E-state index contributed by atoms with van der Waals surface area (Å²) in [6.45, 7) is 10.9. The number of rotatable bonds is 15. The Morgan fingerprint density at radius 3 is 2.24 bits per heavy atom. The fraction of sp³-hybridized carbons (Fsp3) is 0.529. The van der Waals surface area contributed by atoms with E-state index in [1.807, 2.05) is 26.0 Å². The first-order valence-corrected chi connectivity index (χ1v) is 16.1. The third-order valence-corrected chi connectivity index (χ3v) is 9.30. The van der Waals surface area contributed by atoms with E-state index in [4.69, 9.17) is 9.57 Å². The largest absolute Gasteiger partial charge is 0.494 e. The van der Waals surface area contributed by atoms with E-state index in [1.54, 1.807) is 24.3 Å². The monoisotopic (exact) mass is 580 g/mol. The third-order valence-electron chi connectivity index (χ3n) is 7.30. The summed E-state index contributed by atoms with van der Waals surface area (Å²) in [4.78, 5) is 18.3. The van der Waals surface area contributed by atoms with Crippen molar-refractivity contribution in [3.8, 4) is 11.8 Å². The average molecular weight is 581 g/mol. The maximum absolute atomic E-state index is 13.6. The molecule has 0 spiro atoms. The molecule has 1 atom stereocenters. The molecule has 3 rings (SSSR count). The molecule has 0 aromatic heterocycles. The summed E-state index contributed by atoms with van der Waals surface area (Å²) in [5.41, 5.74) is 6.53. The van der Waals surface area contributed by atoms with E-state index in [2.05, 4.69) is 44.5 Å². The zero-order chi connectivity index (χ0) is 30.3. The predicted octanol–water partition coefficient (Wildman–Crippen LogP) is 7.86. The minimum Gasteiger partial charge on any atom is -0.494 e. The molecule has 6 nitrogen and oxygen atoms in total. The van der Waals surface area contributed by atoms with Crippen molar-refractivity contribution in [3.63, 3.8) is 0 Å². The number of hydrogen-bond acceptors (Lipinski definition) is 5. The first-order chi connectivity index (χ1) is 19.8. The number of unbranched alkanes of at least 4 members (excludes halogenated alkanes) is 1. The molecule has 0 bridgehead atoms. The fourth-order valence-corrected chi connectivity index (χ4v) is 6.50. The van der Waals surface area contributed by atoms with Crippen LogP contribution in [0.2, 0.25) is 0 Å². The van der Waals surface area contributed by atoms with Crippen LogP contribution in [0.1, 0.15) is 95.8 Å². The van der Waals surface area contributed by atoms with Crippen molar-refractivity contribution in [2.45, 2.75) is 102 Å². The minimum absolute atomic E-state index is 0.348. The minimum atomic E-state index is -1.54. The number of carbonyl (C=O) groups excluding carboxylic acids is 1. The molecule has 224 valence electrons. The number of nitriles is 1. The Bertz CT molecular complexity index is 1190. The number of allylic oxidation sites excluding steroid dienone is 2. The van der Waals surface area contributed by atoms with Gasteiger partial charge in [-0.3, -0.25) is 13.8 Å². The van der Waals surface area contributed by atoms with E-state index in [1.165, 1.54) is 31.1 Å². The van der Waals surface area contributed by atoms with Crippen LogP contribution >= 0.6 is 0 Å². The maximum Gasteiger partial charge on any atom is 0.262 e. The van der Waals surface area contributed by atoms with Gasteiger partial charge in [0.05, 0.1) is 36.2 Å². The first kappa shape index (κ1) is 34.3. The second-order valence-electron chi connectivity index (χ2n) is 10.8. The molecule has 1 fully saturated rings. The second-order valence-corrected chi connectivity index (χ2v) is 12.6. The molecular weight excluding hydrogens is 532 g/mol. The maximum atomic E-state index is 13.6.